The average Bonchev–Trinajstić information content (AvgIpc) is 2.99. The van der Waals surface area contributed by atoms with Gasteiger partial charge in [-0.05, 0) is 74.1 Å². The quantitative estimate of drug-likeness (QED) is 0.0908. The van der Waals surface area contributed by atoms with Crippen LogP contribution in [0.2, 0.25) is 19.1 Å². The van der Waals surface area contributed by atoms with Gasteiger partial charge in [0.25, 0.3) is 0 Å². The summed E-state index contributed by atoms with van der Waals surface area (Å²) in [5.41, 5.74) is 0. The summed E-state index contributed by atoms with van der Waals surface area (Å²) in [7, 11) is -1.92. The lowest BCUT2D eigenvalue weighted by Crippen LogP contribution is -2.39. The van der Waals surface area contributed by atoms with Crippen molar-refractivity contribution in [3.63, 3.8) is 0 Å². The van der Waals surface area contributed by atoms with Crippen LogP contribution in [0, 0.1) is 0 Å². The molecule has 0 radical (unpaired) electrons. The second-order valence-electron chi connectivity index (χ2n) is 11.0. The van der Waals surface area contributed by atoms with E-state index in [1.807, 2.05) is 19.2 Å². The molecular weight excluding hydrogens is 527 g/mol. The summed E-state index contributed by atoms with van der Waals surface area (Å²) in [5.74, 6) is 1.11. The first kappa shape index (κ1) is 30.1. The predicted octanol–water partition coefficient (Wildman–Crippen LogP) is 7.58. The zero-order valence-electron chi connectivity index (χ0n) is 24.3. The fraction of sp³-hybridized carbons (Fsp3) is 0.314. The number of aromatic hydroxyl groups is 1. The van der Waals surface area contributed by atoms with Gasteiger partial charge in [-0.15, -0.1) is 0 Å². The number of hydrogen-bond acceptors (Lipinski definition) is 3. The second-order valence-corrected chi connectivity index (χ2v) is 18.8. The Morgan fingerprint density at radius 1 is 0.625 bits per heavy atom. The normalized spacial score (nSPS) is 11.9. The van der Waals surface area contributed by atoms with E-state index in [1.54, 1.807) is 6.07 Å². The molecule has 0 aliphatic carbocycles. The molecule has 0 bridgehead atoms. The van der Waals surface area contributed by atoms with Crippen molar-refractivity contribution in [2.24, 2.45) is 0 Å². The largest absolute Gasteiger partial charge is 0.508 e. The van der Waals surface area contributed by atoms with Gasteiger partial charge in [-0.3, -0.25) is 0 Å². The molecule has 0 aliphatic rings. The Morgan fingerprint density at radius 3 is 1.60 bits per heavy atom. The van der Waals surface area contributed by atoms with Gasteiger partial charge < -0.3 is 14.3 Å². The van der Waals surface area contributed by atoms with Gasteiger partial charge in [0.1, 0.15) is 28.9 Å². The first-order valence-electron chi connectivity index (χ1n) is 14.5. The maximum atomic E-state index is 10.8. The van der Waals surface area contributed by atoms with Crippen LogP contribution in [-0.2, 0) is 4.43 Å². The Morgan fingerprint density at radius 2 is 1.10 bits per heavy atom. The minimum atomic E-state index is -2.35. The monoisotopic (exact) mass is 571 g/mol. The summed E-state index contributed by atoms with van der Waals surface area (Å²) in [6, 6.07) is 39.0. The van der Waals surface area contributed by atoms with E-state index in [2.05, 4.69) is 104 Å². The van der Waals surface area contributed by atoms with E-state index in [-0.39, 0.29) is 5.75 Å². The third-order valence-corrected chi connectivity index (χ3v) is 14.7. The number of ether oxygens (including phenoxy) is 1. The molecule has 0 amide bonds. The molecule has 3 nitrogen and oxygen atoms in total. The molecular formula is C35H44O3PSi+. The molecule has 0 aliphatic heterocycles. The minimum Gasteiger partial charge on any atom is -0.508 e. The molecule has 0 fully saturated rings. The Labute approximate surface area is 242 Å². The number of phenols is 1. The van der Waals surface area contributed by atoms with E-state index in [1.165, 1.54) is 47.6 Å². The number of benzene rings is 4. The molecule has 0 unspecified atom stereocenters. The Balaban J connectivity index is 1.57. The highest BCUT2D eigenvalue weighted by atomic mass is 31.2. The summed E-state index contributed by atoms with van der Waals surface area (Å²) >= 11 is 0. The van der Waals surface area contributed by atoms with E-state index >= 15 is 0 Å². The van der Waals surface area contributed by atoms with Gasteiger partial charge >= 0.3 is 0 Å². The third kappa shape index (κ3) is 7.43. The maximum Gasteiger partial charge on any atom is 0.186 e. The SMILES string of the molecule is CO[Si](C)(C)CCCCCCCCOc1ccc(O)cc1[P+](c1ccccc1)(c1ccccc1)c1ccccc1. The molecule has 210 valence electrons. The second kappa shape index (κ2) is 14.6. The van der Waals surface area contributed by atoms with Crippen LogP contribution in [0.1, 0.15) is 38.5 Å². The number of phenolic OH excluding ortho intramolecular Hbond substituents is 1. The molecule has 0 heterocycles. The molecule has 0 saturated heterocycles. The van der Waals surface area contributed by atoms with Gasteiger partial charge in [-0.25, -0.2) is 0 Å². The smallest absolute Gasteiger partial charge is 0.186 e. The van der Waals surface area contributed by atoms with Gasteiger partial charge in [-0.2, -0.15) is 0 Å². The van der Waals surface area contributed by atoms with Crippen LogP contribution in [0.25, 0.3) is 0 Å². The molecule has 5 heteroatoms. The fourth-order valence-corrected chi connectivity index (χ4v) is 11.0. The van der Waals surface area contributed by atoms with E-state index in [0.717, 1.165) is 23.9 Å². The summed E-state index contributed by atoms with van der Waals surface area (Å²) in [5, 5.41) is 15.5. The average molecular weight is 572 g/mol. The molecule has 4 aromatic rings. The first-order chi connectivity index (χ1) is 19.5. The molecule has 4 rings (SSSR count). The predicted molar refractivity (Wildman–Crippen MR) is 175 cm³/mol. The topological polar surface area (TPSA) is 38.7 Å². The van der Waals surface area contributed by atoms with Crippen molar-refractivity contribution in [2.45, 2.75) is 57.7 Å². The van der Waals surface area contributed by atoms with Crippen LogP contribution in [0.3, 0.4) is 0 Å². The highest BCUT2D eigenvalue weighted by Gasteiger charge is 2.50. The fourth-order valence-electron chi connectivity index (χ4n) is 5.35. The molecule has 0 atom stereocenters. The van der Waals surface area contributed by atoms with Crippen molar-refractivity contribution in [1.29, 1.82) is 0 Å². The van der Waals surface area contributed by atoms with Gasteiger partial charge in [0.05, 0.1) is 6.61 Å². The summed E-state index contributed by atoms with van der Waals surface area (Å²) < 4.78 is 12.2. The first-order valence-corrected chi connectivity index (χ1v) is 19.5. The lowest BCUT2D eigenvalue weighted by atomic mass is 10.1. The van der Waals surface area contributed by atoms with Crippen molar-refractivity contribution < 1.29 is 14.3 Å². The van der Waals surface area contributed by atoms with Gasteiger partial charge in [-0.1, -0.05) is 86.7 Å². The van der Waals surface area contributed by atoms with Crippen LogP contribution in [0.5, 0.6) is 11.5 Å². The molecule has 40 heavy (non-hydrogen) atoms. The molecule has 4 aromatic carbocycles. The van der Waals surface area contributed by atoms with Gasteiger partial charge in [0.15, 0.2) is 19.4 Å². The van der Waals surface area contributed by atoms with Crippen LogP contribution in [-0.4, -0.2) is 27.1 Å². The van der Waals surface area contributed by atoms with Crippen molar-refractivity contribution in [2.75, 3.05) is 13.7 Å². The van der Waals surface area contributed by atoms with E-state index in [0.29, 0.717) is 6.61 Å². The van der Waals surface area contributed by atoms with Gasteiger partial charge in [0, 0.05) is 13.2 Å². The van der Waals surface area contributed by atoms with Crippen molar-refractivity contribution in [1.82, 2.24) is 0 Å². The van der Waals surface area contributed by atoms with Crippen LogP contribution in [0.4, 0.5) is 0 Å². The summed E-state index contributed by atoms with van der Waals surface area (Å²) in [4.78, 5) is 0. The highest BCUT2D eigenvalue weighted by Crippen LogP contribution is 2.56. The van der Waals surface area contributed by atoms with E-state index < -0.39 is 15.6 Å². The van der Waals surface area contributed by atoms with Crippen molar-refractivity contribution in [3.05, 3.63) is 109 Å². The van der Waals surface area contributed by atoms with Crippen LogP contribution in [0.15, 0.2) is 109 Å². The van der Waals surface area contributed by atoms with E-state index in [9.17, 15) is 5.11 Å². The summed E-state index contributed by atoms with van der Waals surface area (Å²) in [6.45, 7) is 5.26. The standard InChI is InChI=1S/C35H43O3PSi/c1-37-40(2,3)28-18-7-5-4-6-17-27-38-34-26-25-30(36)29-35(34)39(31-19-11-8-12-20-31,32-21-13-9-14-22-32)33-23-15-10-16-24-33/h8-16,19-26,29H,4-7,17-18,27-28H2,1-3H3/p+1. The molecule has 0 spiro atoms. The minimum absolute atomic E-state index is 0.259. The van der Waals surface area contributed by atoms with Crippen molar-refractivity contribution in [3.8, 4) is 11.5 Å². The number of rotatable bonds is 15. The Kier molecular flexibility index (Phi) is 11.0. The summed E-state index contributed by atoms with van der Waals surface area (Å²) in [6.07, 6.45) is 7.23. The number of unbranched alkanes of at least 4 members (excludes halogenated alkanes) is 5. The van der Waals surface area contributed by atoms with Gasteiger partial charge in [0.2, 0.25) is 0 Å². The molecule has 0 aromatic heterocycles. The Hall–Kier alpha value is -2.91. The maximum absolute atomic E-state index is 10.8. The third-order valence-electron chi connectivity index (χ3n) is 7.72. The van der Waals surface area contributed by atoms with E-state index in [4.69, 9.17) is 9.16 Å². The molecule has 0 saturated carbocycles. The lowest BCUT2D eigenvalue weighted by molar-refractivity contribution is 0.306. The highest BCUT2D eigenvalue weighted by molar-refractivity contribution is 8.01. The zero-order valence-corrected chi connectivity index (χ0v) is 26.2. The van der Waals surface area contributed by atoms with Crippen LogP contribution < -0.4 is 26.0 Å². The molecule has 1 N–H and O–H groups in total. The van der Waals surface area contributed by atoms with Crippen molar-refractivity contribution >= 4 is 36.8 Å². The zero-order chi connectivity index (χ0) is 28.3. The Bertz CT molecular complexity index is 1200. The number of hydrogen-bond donors (Lipinski definition) is 1. The lowest BCUT2D eigenvalue weighted by Gasteiger charge is -2.29. The van der Waals surface area contributed by atoms with Crippen LogP contribution >= 0.6 is 7.26 Å².